The van der Waals surface area contributed by atoms with Gasteiger partial charge in [-0.3, -0.25) is 8.75 Å². The first-order chi connectivity index (χ1) is 6.09. The number of fused-ring (bicyclic) bond motifs is 1. The molecule has 0 spiro atoms. The van der Waals surface area contributed by atoms with Crippen LogP contribution in [0.1, 0.15) is 11.3 Å². The highest BCUT2D eigenvalue weighted by Crippen LogP contribution is 2.16. The summed E-state index contributed by atoms with van der Waals surface area (Å²) in [5, 5.41) is 0.732. The fourth-order valence-corrected chi connectivity index (χ4v) is 2.11. The first-order valence-corrected chi connectivity index (χ1v) is 4.81. The van der Waals surface area contributed by atoms with E-state index in [2.05, 4.69) is 4.98 Å². The standard InChI is InChI=1S/C9H10N2OS/c1-5-4-7-8(10-6(5)2)13-11(3)9(7)12/h4H,1-3H3. The van der Waals surface area contributed by atoms with Gasteiger partial charge in [-0.1, -0.05) is 0 Å². The van der Waals surface area contributed by atoms with Gasteiger partial charge in [-0.25, -0.2) is 4.98 Å². The maximum Gasteiger partial charge on any atom is 0.269 e. The predicted molar refractivity (Wildman–Crippen MR) is 54.3 cm³/mol. The number of rotatable bonds is 0. The summed E-state index contributed by atoms with van der Waals surface area (Å²) < 4.78 is 1.61. The van der Waals surface area contributed by atoms with E-state index in [1.807, 2.05) is 19.9 Å². The molecule has 2 aromatic heterocycles. The molecule has 2 aromatic rings. The van der Waals surface area contributed by atoms with Crippen LogP contribution in [-0.4, -0.2) is 8.94 Å². The van der Waals surface area contributed by atoms with Crippen molar-refractivity contribution in [2.45, 2.75) is 13.8 Å². The van der Waals surface area contributed by atoms with Crippen molar-refractivity contribution in [1.29, 1.82) is 0 Å². The van der Waals surface area contributed by atoms with Gasteiger partial charge >= 0.3 is 0 Å². The van der Waals surface area contributed by atoms with Gasteiger partial charge < -0.3 is 0 Å². The van der Waals surface area contributed by atoms with Crippen LogP contribution in [0.2, 0.25) is 0 Å². The molecule has 2 heterocycles. The van der Waals surface area contributed by atoms with Gasteiger partial charge in [-0.05, 0) is 37.0 Å². The van der Waals surface area contributed by atoms with Crippen molar-refractivity contribution >= 4 is 21.7 Å². The zero-order valence-corrected chi connectivity index (χ0v) is 8.60. The number of aromatic nitrogens is 2. The van der Waals surface area contributed by atoms with E-state index in [0.717, 1.165) is 21.5 Å². The van der Waals surface area contributed by atoms with Crippen LogP contribution in [0, 0.1) is 13.8 Å². The van der Waals surface area contributed by atoms with Crippen LogP contribution in [0.15, 0.2) is 10.9 Å². The average molecular weight is 194 g/mol. The van der Waals surface area contributed by atoms with E-state index in [-0.39, 0.29) is 5.56 Å². The first kappa shape index (κ1) is 8.44. The lowest BCUT2D eigenvalue weighted by molar-refractivity contribution is 0.989. The second-order valence-corrected chi connectivity index (χ2v) is 4.25. The molecular weight excluding hydrogens is 184 g/mol. The summed E-state index contributed by atoms with van der Waals surface area (Å²) >= 11 is 1.39. The first-order valence-electron chi connectivity index (χ1n) is 4.04. The molecule has 13 heavy (non-hydrogen) atoms. The second kappa shape index (κ2) is 2.67. The Morgan fingerprint density at radius 2 is 2.15 bits per heavy atom. The van der Waals surface area contributed by atoms with Crippen molar-refractivity contribution in [3.63, 3.8) is 0 Å². The summed E-state index contributed by atoms with van der Waals surface area (Å²) in [5.41, 5.74) is 2.12. The van der Waals surface area contributed by atoms with Gasteiger partial charge in [0, 0.05) is 12.7 Å². The summed E-state index contributed by atoms with van der Waals surface area (Å²) in [6.07, 6.45) is 0. The molecule has 0 aliphatic rings. The largest absolute Gasteiger partial charge is 0.269 e. The number of hydrogen-bond donors (Lipinski definition) is 0. The highest BCUT2D eigenvalue weighted by molar-refractivity contribution is 7.13. The molecule has 0 saturated carbocycles. The molecule has 68 valence electrons. The summed E-state index contributed by atoms with van der Waals surface area (Å²) in [6.45, 7) is 3.93. The average Bonchev–Trinajstić information content (AvgIpc) is 2.32. The van der Waals surface area contributed by atoms with Gasteiger partial charge in [0.1, 0.15) is 4.83 Å². The second-order valence-electron chi connectivity index (χ2n) is 3.14. The maximum atomic E-state index is 11.5. The lowest BCUT2D eigenvalue weighted by Crippen LogP contribution is -2.07. The molecule has 0 fully saturated rings. The minimum absolute atomic E-state index is 0.0515. The van der Waals surface area contributed by atoms with Crippen LogP contribution in [0.3, 0.4) is 0 Å². The molecule has 0 saturated heterocycles. The SMILES string of the molecule is Cc1cc2c(=O)n(C)sc2nc1C. The molecule has 0 aliphatic heterocycles. The van der Waals surface area contributed by atoms with Gasteiger partial charge in [0.25, 0.3) is 5.56 Å². The van der Waals surface area contributed by atoms with Crippen LogP contribution in [0.4, 0.5) is 0 Å². The van der Waals surface area contributed by atoms with E-state index < -0.39 is 0 Å². The normalized spacial score (nSPS) is 11.0. The molecule has 3 nitrogen and oxygen atoms in total. The third-order valence-corrected chi connectivity index (χ3v) is 3.09. The highest BCUT2D eigenvalue weighted by Gasteiger charge is 2.07. The van der Waals surface area contributed by atoms with Crippen molar-refractivity contribution in [3.8, 4) is 0 Å². The topological polar surface area (TPSA) is 34.9 Å². The molecule has 0 amide bonds. The van der Waals surface area contributed by atoms with Crippen LogP contribution in [0.5, 0.6) is 0 Å². The summed E-state index contributed by atoms with van der Waals surface area (Å²) in [7, 11) is 1.76. The highest BCUT2D eigenvalue weighted by atomic mass is 32.1. The summed E-state index contributed by atoms with van der Waals surface area (Å²) in [4.78, 5) is 16.7. The van der Waals surface area contributed by atoms with Crippen LogP contribution in [0.25, 0.3) is 10.2 Å². The van der Waals surface area contributed by atoms with Gasteiger partial charge in [0.05, 0.1) is 5.39 Å². The Hall–Kier alpha value is -1.16. The van der Waals surface area contributed by atoms with Crippen molar-refractivity contribution in [3.05, 3.63) is 27.7 Å². The molecule has 0 N–H and O–H groups in total. The molecule has 4 heteroatoms. The Kier molecular flexibility index (Phi) is 1.73. The van der Waals surface area contributed by atoms with Crippen molar-refractivity contribution in [2.75, 3.05) is 0 Å². The van der Waals surface area contributed by atoms with Crippen LogP contribution >= 0.6 is 11.5 Å². The molecule has 0 atom stereocenters. The third kappa shape index (κ3) is 1.18. The smallest absolute Gasteiger partial charge is 0.268 e. The summed E-state index contributed by atoms with van der Waals surface area (Å²) in [6, 6.07) is 1.91. The third-order valence-electron chi connectivity index (χ3n) is 2.17. The van der Waals surface area contributed by atoms with E-state index in [0.29, 0.717) is 0 Å². The molecule has 0 bridgehead atoms. The molecule has 0 unspecified atom stereocenters. The number of hydrogen-bond acceptors (Lipinski definition) is 3. The zero-order chi connectivity index (χ0) is 9.59. The predicted octanol–water partition coefficient (Wildman–Crippen LogP) is 1.61. The molecular formula is C9H10N2OS. The van der Waals surface area contributed by atoms with E-state index in [4.69, 9.17) is 0 Å². The summed E-state index contributed by atoms with van der Waals surface area (Å²) in [5.74, 6) is 0. The maximum absolute atomic E-state index is 11.5. The Morgan fingerprint density at radius 3 is 2.85 bits per heavy atom. The number of nitrogens with zero attached hydrogens (tertiary/aromatic N) is 2. The van der Waals surface area contributed by atoms with E-state index in [1.54, 1.807) is 11.0 Å². The fourth-order valence-electron chi connectivity index (χ4n) is 1.25. The number of aryl methyl sites for hydroxylation is 3. The molecule has 2 rings (SSSR count). The number of pyridine rings is 1. The van der Waals surface area contributed by atoms with Gasteiger partial charge in [0.2, 0.25) is 0 Å². The van der Waals surface area contributed by atoms with E-state index in [9.17, 15) is 4.79 Å². The van der Waals surface area contributed by atoms with Crippen molar-refractivity contribution in [2.24, 2.45) is 7.05 Å². The lowest BCUT2D eigenvalue weighted by Gasteiger charge is -1.95. The molecule has 0 radical (unpaired) electrons. The van der Waals surface area contributed by atoms with Crippen molar-refractivity contribution in [1.82, 2.24) is 8.94 Å². The van der Waals surface area contributed by atoms with E-state index >= 15 is 0 Å². The Labute approximate surface area is 79.8 Å². The monoisotopic (exact) mass is 194 g/mol. The molecule has 0 aromatic carbocycles. The zero-order valence-electron chi connectivity index (χ0n) is 7.79. The minimum Gasteiger partial charge on any atom is -0.268 e. The quantitative estimate of drug-likeness (QED) is 0.638. The lowest BCUT2D eigenvalue weighted by atomic mass is 10.2. The van der Waals surface area contributed by atoms with Crippen molar-refractivity contribution < 1.29 is 0 Å². The van der Waals surface area contributed by atoms with E-state index in [1.165, 1.54) is 11.5 Å². The Morgan fingerprint density at radius 1 is 1.46 bits per heavy atom. The minimum atomic E-state index is 0.0515. The van der Waals surface area contributed by atoms with Gasteiger partial charge in [0.15, 0.2) is 0 Å². The Bertz CT molecular complexity index is 524. The van der Waals surface area contributed by atoms with Crippen LogP contribution < -0.4 is 5.56 Å². The fraction of sp³-hybridized carbons (Fsp3) is 0.333. The molecule has 0 aliphatic carbocycles. The van der Waals surface area contributed by atoms with Crippen LogP contribution in [-0.2, 0) is 7.05 Å². The van der Waals surface area contributed by atoms with Gasteiger partial charge in [-0.15, -0.1) is 0 Å². The van der Waals surface area contributed by atoms with Gasteiger partial charge in [-0.2, -0.15) is 0 Å². The Balaban J connectivity index is 2.97.